The number of hydrogen-bond donors (Lipinski definition) is 1. The summed E-state index contributed by atoms with van der Waals surface area (Å²) in [6, 6.07) is 3.17. The molecule has 0 aliphatic carbocycles. The van der Waals surface area contributed by atoms with E-state index < -0.39 is 0 Å². The van der Waals surface area contributed by atoms with Gasteiger partial charge in [0.25, 0.3) is 5.91 Å². The van der Waals surface area contributed by atoms with Gasteiger partial charge in [-0.25, -0.2) is 0 Å². The molecule has 0 saturated heterocycles. The van der Waals surface area contributed by atoms with Gasteiger partial charge in [-0.2, -0.15) is 0 Å². The van der Waals surface area contributed by atoms with Gasteiger partial charge < -0.3 is 14.6 Å². The van der Waals surface area contributed by atoms with Crippen molar-refractivity contribution in [1.29, 1.82) is 0 Å². The Balaban J connectivity index is 2.43. The minimum Gasteiger partial charge on any atom is -0.459 e. The van der Waals surface area contributed by atoms with Crippen molar-refractivity contribution in [3.63, 3.8) is 0 Å². The van der Waals surface area contributed by atoms with E-state index in [0.29, 0.717) is 11.0 Å². The summed E-state index contributed by atoms with van der Waals surface area (Å²) in [7, 11) is 1.54. The molecule has 0 saturated carbocycles. The Morgan fingerprint density at radius 2 is 2.29 bits per heavy atom. The van der Waals surface area contributed by atoms with E-state index in [1.165, 1.54) is 18.2 Å². The van der Waals surface area contributed by atoms with Crippen LogP contribution in [0, 0.1) is 0 Å². The van der Waals surface area contributed by atoms with E-state index in [9.17, 15) is 9.59 Å². The van der Waals surface area contributed by atoms with Crippen LogP contribution < -0.4 is 5.32 Å². The van der Waals surface area contributed by atoms with Gasteiger partial charge in [0.05, 0.1) is 12.8 Å². The molecule has 0 radical (unpaired) electrons. The molecule has 0 aliphatic rings. The Bertz CT molecular complexity index is 414. The average molecular weight is 301 g/mol. The molecule has 17 heavy (non-hydrogen) atoms. The number of carbonyl (C=O) groups is 2. The monoisotopic (exact) mass is 300 g/mol. The molecule has 1 N–H and O–H groups in total. The maximum atomic E-state index is 11.7. The van der Waals surface area contributed by atoms with Gasteiger partial charge in [-0.1, -0.05) is 22.5 Å². The van der Waals surface area contributed by atoms with Gasteiger partial charge in [-0.15, -0.1) is 0 Å². The fraction of sp³-hybridized carbons (Fsp3) is 0.273. The first-order valence-electron chi connectivity index (χ1n) is 4.89. The first-order chi connectivity index (χ1) is 8.00. The molecule has 2 amide bonds. The standard InChI is InChI=1S/C11H13BrN2O3/c1-8(12)6-13-10(15)7-14(2)11(16)9-4-3-5-17-9/h3-5H,1,6-7H2,2H3,(H,13,15). The first-order valence-corrected chi connectivity index (χ1v) is 5.69. The van der Waals surface area contributed by atoms with Crippen molar-refractivity contribution in [3.8, 4) is 0 Å². The van der Waals surface area contributed by atoms with Gasteiger partial charge in [0.2, 0.25) is 5.91 Å². The molecule has 1 rings (SSSR count). The molecule has 0 unspecified atom stereocenters. The number of rotatable bonds is 5. The highest BCUT2D eigenvalue weighted by Gasteiger charge is 2.16. The Morgan fingerprint density at radius 1 is 1.59 bits per heavy atom. The van der Waals surface area contributed by atoms with Gasteiger partial charge in [-0.3, -0.25) is 9.59 Å². The van der Waals surface area contributed by atoms with Crippen LogP contribution in [0.25, 0.3) is 0 Å². The molecule has 6 heteroatoms. The van der Waals surface area contributed by atoms with E-state index in [2.05, 4.69) is 27.8 Å². The van der Waals surface area contributed by atoms with E-state index >= 15 is 0 Å². The molecular weight excluding hydrogens is 288 g/mol. The number of nitrogens with one attached hydrogen (secondary N) is 1. The zero-order chi connectivity index (χ0) is 12.8. The van der Waals surface area contributed by atoms with Crippen LogP contribution in [0.3, 0.4) is 0 Å². The van der Waals surface area contributed by atoms with Gasteiger partial charge >= 0.3 is 0 Å². The molecule has 0 bridgehead atoms. The first kappa shape index (κ1) is 13.5. The maximum absolute atomic E-state index is 11.7. The molecule has 1 aromatic rings. The molecule has 0 spiro atoms. The number of nitrogens with zero attached hydrogens (tertiary/aromatic N) is 1. The predicted molar refractivity (Wildman–Crippen MR) is 66.7 cm³/mol. The Hall–Kier alpha value is -1.56. The molecule has 5 nitrogen and oxygen atoms in total. The summed E-state index contributed by atoms with van der Waals surface area (Å²) in [4.78, 5) is 24.4. The highest BCUT2D eigenvalue weighted by Crippen LogP contribution is 2.03. The fourth-order valence-corrected chi connectivity index (χ4v) is 1.27. The lowest BCUT2D eigenvalue weighted by Crippen LogP contribution is -2.38. The van der Waals surface area contributed by atoms with Crippen molar-refractivity contribution in [1.82, 2.24) is 10.2 Å². The Morgan fingerprint density at radius 3 is 2.82 bits per heavy atom. The number of likely N-dealkylation sites (N-methyl/N-ethyl adjacent to an activating group) is 1. The second-order valence-electron chi connectivity index (χ2n) is 3.43. The lowest BCUT2D eigenvalue weighted by atomic mass is 10.4. The average Bonchev–Trinajstić information content (AvgIpc) is 2.78. The third-order valence-corrected chi connectivity index (χ3v) is 2.22. The van der Waals surface area contributed by atoms with Gasteiger partial charge in [0.15, 0.2) is 5.76 Å². The van der Waals surface area contributed by atoms with Crippen LogP contribution in [0.4, 0.5) is 0 Å². The zero-order valence-electron chi connectivity index (χ0n) is 9.40. The summed E-state index contributed by atoms with van der Waals surface area (Å²) in [6.45, 7) is 3.90. The minimum atomic E-state index is -0.331. The van der Waals surface area contributed by atoms with Gasteiger partial charge in [-0.05, 0) is 12.1 Å². The van der Waals surface area contributed by atoms with Crippen LogP contribution in [0.5, 0.6) is 0 Å². The van der Waals surface area contributed by atoms with Crippen LogP contribution in [-0.2, 0) is 4.79 Å². The topological polar surface area (TPSA) is 62.6 Å². The molecule has 1 heterocycles. The van der Waals surface area contributed by atoms with Crippen LogP contribution in [0.1, 0.15) is 10.6 Å². The molecule has 0 atom stereocenters. The van der Waals surface area contributed by atoms with Crippen LogP contribution in [0.2, 0.25) is 0 Å². The second kappa shape index (κ2) is 6.24. The van der Waals surface area contributed by atoms with Gasteiger partial charge in [0, 0.05) is 18.1 Å². The van der Waals surface area contributed by atoms with Crippen molar-refractivity contribution >= 4 is 27.7 Å². The number of hydrogen-bond acceptors (Lipinski definition) is 3. The second-order valence-corrected chi connectivity index (χ2v) is 4.55. The largest absolute Gasteiger partial charge is 0.459 e. The summed E-state index contributed by atoms with van der Waals surface area (Å²) in [5, 5.41) is 2.60. The van der Waals surface area contributed by atoms with E-state index in [1.807, 2.05) is 0 Å². The molecule has 0 aromatic carbocycles. The van der Waals surface area contributed by atoms with Gasteiger partial charge in [0.1, 0.15) is 0 Å². The van der Waals surface area contributed by atoms with E-state index in [1.54, 1.807) is 12.1 Å². The summed E-state index contributed by atoms with van der Waals surface area (Å²) >= 11 is 3.12. The summed E-state index contributed by atoms with van der Waals surface area (Å²) in [5.41, 5.74) is 0. The predicted octanol–water partition coefficient (Wildman–Crippen LogP) is 1.38. The normalized spacial score (nSPS) is 9.76. The van der Waals surface area contributed by atoms with E-state index in [-0.39, 0.29) is 24.1 Å². The van der Waals surface area contributed by atoms with Crippen molar-refractivity contribution in [2.45, 2.75) is 0 Å². The molecule has 1 aromatic heterocycles. The van der Waals surface area contributed by atoms with Crippen LogP contribution >= 0.6 is 15.9 Å². The third kappa shape index (κ3) is 4.44. The van der Waals surface area contributed by atoms with E-state index in [4.69, 9.17) is 4.42 Å². The number of furan rings is 1. The Kier molecular flexibility index (Phi) is 4.96. The van der Waals surface area contributed by atoms with Crippen molar-refractivity contribution < 1.29 is 14.0 Å². The van der Waals surface area contributed by atoms with Crippen LogP contribution in [0.15, 0.2) is 33.9 Å². The maximum Gasteiger partial charge on any atom is 0.289 e. The van der Waals surface area contributed by atoms with Crippen molar-refractivity contribution in [2.75, 3.05) is 20.1 Å². The molecule has 0 fully saturated rings. The highest BCUT2D eigenvalue weighted by molar-refractivity contribution is 9.11. The molecular formula is C11H13BrN2O3. The number of carbonyl (C=O) groups excluding carboxylic acids is 2. The smallest absolute Gasteiger partial charge is 0.289 e. The Labute approximate surface area is 108 Å². The summed E-state index contributed by atoms with van der Waals surface area (Å²) in [5.74, 6) is -0.374. The lowest BCUT2D eigenvalue weighted by molar-refractivity contribution is -0.121. The summed E-state index contributed by atoms with van der Waals surface area (Å²) in [6.07, 6.45) is 1.41. The SMILES string of the molecule is C=C(Br)CNC(=O)CN(C)C(=O)c1ccco1. The lowest BCUT2D eigenvalue weighted by Gasteiger charge is -2.15. The third-order valence-electron chi connectivity index (χ3n) is 1.94. The number of halogens is 1. The molecule has 92 valence electrons. The summed E-state index contributed by atoms with van der Waals surface area (Å²) < 4.78 is 5.62. The zero-order valence-corrected chi connectivity index (χ0v) is 11.0. The fourth-order valence-electron chi connectivity index (χ4n) is 1.13. The minimum absolute atomic E-state index is 0.0280. The quantitative estimate of drug-likeness (QED) is 0.893. The number of amides is 2. The van der Waals surface area contributed by atoms with Crippen LogP contribution in [-0.4, -0.2) is 36.9 Å². The highest BCUT2D eigenvalue weighted by atomic mass is 79.9. The van der Waals surface area contributed by atoms with Crippen molar-refractivity contribution in [2.24, 2.45) is 0 Å². The molecule has 0 aliphatic heterocycles. The van der Waals surface area contributed by atoms with Crippen molar-refractivity contribution in [3.05, 3.63) is 35.2 Å². The van der Waals surface area contributed by atoms with E-state index in [0.717, 1.165) is 0 Å².